The quantitative estimate of drug-likeness (QED) is 0.218. The van der Waals surface area contributed by atoms with E-state index in [0.717, 1.165) is 10.0 Å². The third-order valence-electron chi connectivity index (χ3n) is 4.69. The summed E-state index contributed by atoms with van der Waals surface area (Å²) in [7, 11) is 0. The molecular formula is C20H22N4O10. The molecule has 2 aliphatic heterocycles. The summed E-state index contributed by atoms with van der Waals surface area (Å²) in [6, 6.07) is 0. The third kappa shape index (κ3) is 6.37. The normalized spacial score (nSPS) is 15.3. The molecule has 0 bridgehead atoms. The van der Waals surface area contributed by atoms with Crippen LogP contribution in [0.15, 0.2) is 0 Å². The first-order valence-electron chi connectivity index (χ1n) is 10.3. The van der Waals surface area contributed by atoms with E-state index >= 15 is 0 Å². The number of rotatable bonds is 9. The van der Waals surface area contributed by atoms with Crippen molar-refractivity contribution >= 4 is 47.4 Å². The smallest absolute Gasteiger partial charge is 0.330 e. The molecule has 2 aliphatic rings. The molecule has 0 aromatic rings. The largest absolute Gasteiger partial charge is 0.335 e. The predicted octanol–water partition coefficient (Wildman–Crippen LogP) is -1.40. The van der Waals surface area contributed by atoms with Gasteiger partial charge in [-0.25, -0.2) is 14.6 Å². The van der Waals surface area contributed by atoms with E-state index in [4.69, 9.17) is 16.1 Å². The van der Waals surface area contributed by atoms with Crippen molar-refractivity contribution in [3.63, 3.8) is 0 Å². The molecule has 0 aliphatic carbocycles. The summed E-state index contributed by atoms with van der Waals surface area (Å²) in [5, 5.41) is 2.24. The highest BCUT2D eigenvalue weighted by Gasteiger charge is 2.35. The van der Waals surface area contributed by atoms with E-state index in [1.807, 2.05) is 0 Å². The van der Waals surface area contributed by atoms with Crippen LogP contribution in [-0.2, 0) is 48.0 Å². The summed E-state index contributed by atoms with van der Waals surface area (Å²) in [5.41, 5.74) is 0. The molecule has 2 fully saturated rings. The van der Waals surface area contributed by atoms with Crippen LogP contribution in [0.3, 0.4) is 0 Å². The minimum atomic E-state index is -1.03. The highest BCUT2D eigenvalue weighted by atomic mass is 16.7. The molecule has 0 spiro atoms. The monoisotopic (exact) mass is 478 g/mol. The number of carbonyl (C=O) groups excluding carboxylic acids is 8. The zero-order chi connectivity index (χ0) is 25.4. The van der Waals surface area contributed by atoms with Crippen LogP contribution in [0.5, 0.6) is 0 Å². The lowest BCUT2D eigenvalue weighted by Gasteiger charge is -2.33. The number of hydrogen-bond acceptors (Lipinski definition) is 10. The molecule has 2 saturated heterocycles. The van der Waals surface area contributed by atoms with Crippen molar-refractivity contribution in [3.8, 4) is 12.3 Å². The van der Waals surface area contributed by atoms with Gasteiger partial charge in [0.15, 0.2) is 0 Å². The van der Waals surface area contributed by atoms with Gasteiger partial charge in [0.2, 0.25) is 5.91 Å². The van der Waals surface area contributed by atoms with E-state index in [9.17, 15) is 38.4 Å². The SMILES string of the molecule is C#CC(=O)N(CCC(=O)ON1C(=O)CCC1=O)N(CCC(=O)ON1C(=O)CCC1=O)C(=O)CC. The summed E-state index contributed by atoms with van der Waals surface area (Å²) < 4.78 is 0. The van der Waals surface area contributed by atoms with Crippen molar-refractivity contribution in [1.29, 1.82) is 0 Å². The maximum atomic E-state index is 12.4. The van der Waals surface area contributed by atoms with Crippen molar-refractivity contribution in [2.75, 3.05) is 13.1 Å². The number of carbonyl (C=O) groups is 8. The zero-order valence-electron chi connectivity index (χ0n) is 18.3. The number of hydrazine groups is 1. The minimum absolute atomic E-state index is 0.0955. The second-order valence-electron chi connectivity index (χ2n) is 7.03. The van der Waals surface area contributed by atoms with E-state index in [-0.39, 0.29) is 32.1 Å². The standard InChI is InChI=1S/C20H22N4O10/c1-3-13(25)21(11-9-19(31)33-23-15(27)5-6-16(23)28)22(14(26)4-2)12-10-20(32)34-24-17(29)7-8-18(24)30/h1H,4-12H2,2H3. The molecular weight excluding hydrogens is 456 g/mol. The van der Waals surface area contributed by atoms with Gasteiger partial charge in [-0.05, 0) is 5.92 Å². The summed E-state index contributed by atoms with van der Waals surface area (Å²) >= 11 is 0. The Morgan fingerprint density at radius 2 is 1.18 bits per heavy atom. The first-order chi connectivity index (χ1) is 16.1. The van der Waals surface area contributed by atoms with Gasteiger partial charge >= 0.3 is 17.8 Å². The van der Waals surface area contributed by atoms with Crippen molar-refractivity contribution in [3.05, 3.63) is 0 Å². The molecule has 0 radical (unpaired) electrons. The van der Waals surface area contributed by atoms with Gasteiger partial charge in [0.25, 0.3) is 23.6 Å². The van der Waals surface area contributed by atoms with E-state index in [1.165, 1.54) is 6.92 Å². The van der Waals surface area contributed by atoms with Gasteiger partial charge in [-0.15, -0.1) is 16.5 Å². The van der Waals surface area contributed by atoms with Crippen LogP contribution >= 0.6 is 0 Å². The van der Waals surface area contributed by atoms with Crippen LogP contribution in [0.25, 0.3) is 0 Å². The third-order valence-corrected chi connectivity index (χ3v) is 4.69. The lowest BCUT2D eigenvalue weighted by atomic mass is 10.3. The maximum absolute atomic E-state index is 12.4. The number of hydrogen-bond donors (Lipinski definition) is 0. The van der Waals surface area contributed by atoms with Crippen LogP contribution in [0, 0.1) is 12.3 Å². The van der Waals surface area contributed by atoms with Gasteiger partial charge in [0.1, 0.15) is 0 Å². The van der Waals surface area contributed by atoms with Gasteiger partial charge in [-0.1, -0.05) is 6.92 Å². The van der Waals surface area contributed by atoms with E-state index in [0.29, 0.717) is 10.1 Å². The minimum Gasteiger partial charge on any atom is -0.330 e. The lowest BCUT2D eigenvalue weighted by molar-refractivity contribution is -0.199. The average molecular weight is 478 g/mol. The van der Waals surface area contributed by atoms with E-state index in [2.05, 4.69) is 0 Å². The van der Waals surface area contributed by atoms with Gasteiger partial charge in [0, 0.05) is 32.1 Å². The Balaban J connectivity index is 2.02. The van der Waals surface area contributed by atoms with Crippen LogP contribution in [0.1, 0.15) is 51.9 Å². The molecule has 2 rings (SSSR count). The molecule has 0 atom stereocenters. The maximum Gasteiger partial charge on any atom is 0.335 e. The summed E-state index contributed by atoms with van der Waals surface area (Å²) in [6.07, 6.45) is 3.60. The van der Waals surface area contributed by atoms with Crippen LogP contribution < -0.4 is 0 Å². The van der Waals surface area contributed by atoms with Gasteiger partial charge in [-0.2, -0.15) is 0 Å². The Hall–Kier alpha value is -4.28. The van der Waals surface area contributed by atoms with Crippen LogP contribution in [0.4, 0.5) is 0 Å². The molecule has 0 unspecified atom stereocenters. The molecule has 2 heterocycles. The van der Waals surface area contributed by atoms with Gasteiger partial charge < -0.3 is 9.68 Å². The number of terminal acetylenes is 1. The fourth-order valence-corrected chi connectivity index (χ4v) is 2.97. The lowest BCUT2D eigenvalue weighted by Crippen LogP contribution is -2.51. The number of imide groups is 2. The van der Waals surface area contributed by atoms with Crippen LogP contribution in [-0.4, -0.2) is 80.6 Å². The Kier molecular flexibility index (Phi) is 8.82. The molecule has 182 valence electrons. The first kappa shape index (κ1) is 26.0. The fraction of sp³-hybridized carbons (Fsp3) is 0.500. The van der Waals surface area contributed by atoms with Crippen molar-refractivity contribution in [2.45, 2.75) is 51.9 Å². The Morgan fingerprint density at radius 3 is 1.53 bits per heavy atom. The first-order valence-corrected chi connectivity index (χ1v) is 10.3. The second kappa shape index (κ2) is 11.5. The topological polar surface area (TPSA) is 168 Å². The summed E-state index contributed by atoms with van der Waals surface area (Å²) in [6.45, 7) is 0.585. The van der Waals surface area contributed by atoms with Crippen LogP contribution in [0.2, 0.25) is 0 Å². The highest BCUT2D eigenvalue weighted by molar-refractivity contribution is 6.02. The van der Waals surface area contributed by atoms with Gasteiger partial charge in [0.05, 0.1) is 25.9 Å². The molecule has 0 aromatic heterocycles. The molecule has 0 saturated carbocycles. The van der Waals surface area contributed by atoms with Crippen molar-refractivity contribution in [2.24, 2.45) is 0 Å². The molecule has 14 nitrogen and oxygen atoms in total. The fourth-order valence-electron chi connectivity index (χ4n) is 2.97. The summed E-state index contributed by atoms with van der Waals surface area (Å²) in [4.78, 5) is 105. The van der Waals surface area contributed by atoms with E-state index < -0.39 is 73.3 Å². The molecule has 14 heteroatoms. The Morgan fingerprint density at radius 1 is 0.794 bits per heavy atom. The highest BCUT2D eigenvalue weighted by Crippen LogP contribution is 2.15. The van der Waals surface area contributed by atoms with Crippen molar-refractivity contribution in [1.82, 2.24) is 20.1 Å². The Bertz CT molecular complexity index is 937. The number of amides is 6. The number of hydroxylamine groups is 4. The van der Waals surface area contributed by atoms with Gasteiger partial charge in [-0.3, -0.25) is 33.8 Å². The zero-order valence-corrected chi connectivity index (χ0v) is 18.3. The summed E-state index contributed by atoms with van der Waals surface area (Å²) in [5.74, 6) is -4.64. The van der Waals surface area contributed by atoms with Crippen molar-refractivity contribution < 1.29 is 48.0 Å². The predicted molar refractivity (Wildman–Crippen MR) is 106 cm³/mol. The van der Waals surface area contributed by atoms with E-state index in [1.54, 1.807) is 5.92 Å². The molecule has 0 N–H and O–H groups in total. The second-order valence-corrected chi connectivity index (χ2v) is 7.03. The average Bonchev–Trinajstić information content (AvgIpc) is 3.30. The molecule has 6 amide bonds. The molecule has 0 aromatic carbocycles. The Labute approximate surface area is 193 Å². The molecule has 34 heavy (non-hydrogen) atoms. The number of nitrogens with zero attached hydrogens (tertiary/aromatic N) is 4.